The Balaban J connectivity index is 3.70. The predicted octanol–water partition coefficient (Wildman–Crippen LogP) is -1.33. The van der Waals surface area contributed by atoms with E-state index in [0.29, 0.717) is 0 Å². The van der Waals surface area contributed by atoms with Gasteiger partial charge >= 0.3 is 12.0 Å². The van der Waals surface area contributed by atoms with E-state index in [2.05, 4.69) is 10.5 Å². The molecule has 0 bridgehead atoms. The normalized spacial score (nSPS) is 11.8. The number of nitrogens with two attached hydrogens (primary N) is 1. The largest absolute Gasteiger partial charge is 0.479 e. The highest BCUT2D eigenvalue weighted by molar-refractivity contribution is 5.94. The maximum absolute atomic E-state index is 10.7. The molecule has 0 aliphatic heterocycles. The van der Waals surface area contributed by atoms with Gasteiger partial charge in [0.2, 0.25) is 0 Å². The number of amides is 3. The molecular weight excluding hydrogens is 180 g/mol. The fraction of sp³-hybridized carbons (Fsp3) is 0.500. The second-order valence-corrected chi connectivity index (χ2v) is 2.20. The summed E-state index contributed by atoms with van der Waals surface area (Å²) in [4.78, 5) is 30.9. The summed E-state index contributed by atoms with van der Waals surface area (Å²) in [6, 6.07) is -1.00. The average Bonchev–Trinajstić information content (AvgIpc) is 1.98. The van der Waals surface area contributed by atoms with Gasteiger partial charge in [-0.2, -0.15) is 0 Å². The van der Waals surface area contributed by atoms with Crippen LogP contribution in [0.3, 0.4) is 0 Å². The predicted molar refractivity (Wildman–Crippen MR) is 40.8 cm³/mol. The summed E-state index contributed by atoms with van der Waals surface area (Å²) >= 11 is 0. The topological polar surface area (TPSA) is 119 Å². The summed E-state index contributed by atoms with van der Waals surface area (Å²) in [5.41, 5.74) is 4.62. The number of carbonyl (C=O) groups excluding carboxylic acids is 2. The number of rotatable bonds is 4. The number of hydrogen-bond acceptors (Lipinski definition) is 4. The van der Waals surface area contributed by atoms with Gasteiger partial charge in [0.1, 0.15) is 6.61 Å². The van der Waals surface area contributed by atoms with Crippen molar-refractivity contribution in [2.45, 2.75) is 13.0 Å². The van der Waals surface area contributed by atoms with Crippen molar-refractivity contribution < 1.29 is 24.2 Å². The van der Waals surface area contributed by atoms with Gasteiger partial charge in [0.25, 0.3) is 5.91 Å². The van der Waals surface area contributed by atoms with E-state index in [1.165, 1.54) is 6.92 Å². The molecule has 7 heteroatoms. The van der Waals surface area contributed by atoms with Crippen LogP contribution in [0.1, 0.15) is 6.92 Å². The second kappa shape index (κ2) is 5.09. The van der Waals surface area contributed by atoms with Gasteiger partial charge in [0.05, 0.1) is 0 Å². The quantitative estimate of drug-likeness (QED) is 0.507. The molecule has 0 aromatic rings. The Morgan fingerprint density at radius 2 is 2.08 bits per heavy atom. The number of carbonyl (C=O) groups is 3. The standard InChI is InChI=1S/C6H10N2O5/c1-3(5(10)11)13-2-4(9)8-6(7)12/h3H,2H2,1H3,(H,10,11)(H3,7,8,9,12)/t3-/m1/s1. The summed E-state index contributed by atoms with van der Waals surface area (Å²) in [7, 11) is 0. The van der Waals surface area contributed by atoms with Crippen LogP contribution in [-0.4, -0.2) is 35.7 Å². The Morgan fingerprint density at radius 1 is 1.54 bits per heavy atom. The summed E-state index contributed by atoms with van der Waals surface area (Å²) in [6.45, 7) is 0.746. The molecule has 0 aromatic heterocycles. The molecule has 0 spiro atoms. The van der Waals surface area contributed by atoms with Gasteiger partial charge in [0, 0.05) is 0 Å². The Morgan fingerprint density at radius 3 is 2.46 bits per heavy atom. The third kappa shape index (κ3) is 5.62. The number of nitrogens with one attached hydrogen (secondary N) is 1. The first-order valence-corrected chi connectivity index (χ1v) is 3.37. The van der Waals surface area contributed by atoms with Crippen molar-refractivity contribution in [1.29, 1.82) is 0 Å². The molecule has 7 nitrogen and oxygen atoms in total. The zero-order valence-electron chi connectivity index (χ0n) is 6.94. The number of hydrogen-bond donors (Lipinski definition) is 3. The van der Waals surface area contributed by atoms with Crippen LogP contribution >= 0.6 is 0 Å². The first kappa shape index (κ1) is 11.4. The van der Waals surface area contributed by atoms with Crippen LogP contribution in [0, 0.1) is 0 Å². The second-order valence-electron chi connectivity index (χ2n) is 2.20. The van der Waals surface area contributed by atoms with Gasteiger partial charge in [-0.15, -0.1) is 0 Å². The van der Waals surface area contributed by atoms with Crippen LogP contribution < -0.4 is 11.1 Å². The minimum absolute atomic E-state index is 0.517. The monoisotopic (exact) mass is 190 g/mol. The molecule has 1 atom stereocenters. The number of aliphatic carboxylic acids is 1. The van der Waals surface area contributed by atoms with E-state index < -0.39 is 30.6 Å². The van der Waals surface area contributed by atoms with Gasteiger partial charge < -0.3 is 15.6 Å². The fourth-order valence-corrected chi connectivity index (χ4v) is 0.445. The SMILES string of the molecule is C[C@@H](OCC(=O)NC(N)=O)C(=O)O. The lowest BCUT2D eigenvalue weighted by atomic mass is 10.4. The number of carboxylic acids is 1. The molecule has 0 unspecified atom stereocenters. The van der Waals surface area contributed by atoms with E-state index in [4.69, 9.17) is 5.11 Å². The molecule has 0 aliphatic rings. The molecule has 0 aromatic carbocycles. The molecule has 0 saturated heterocycles. The first-order valence-electron chi connectivity index (χ1n) is 3.37. The van der Waals surface area contributed by atoms with E-state index in [-0.39, 0.29) is 0 Å². The number of primary amides is 1. The molecular formula is C6H10N2O5. The summed E-state index contributed by atoms with van der Waals surface area (Å²) in [6.07, 6.45) is -1.10. The van der Waals surface area contributed by atoms with Gasteiger partial charge in [-0.3, -0.25) is 10.1 Å². The van der Waals surface area contributed by atoms with Crippen molar-refractivity contribution in [3.63, 3.8) is 0 Å². The highest BCUT2D eigenvalue weighted by atomic mass is 16.5. The third-order valence-electron chi connectivity index (χ3n) is 1.07. The summed E-state index contributed by atoms with van der Waals surface area (Å²) in [5.74, 6) is -1.97. The molecule has 4 N–H and O–H groups in total. The minimum Gasteiger partial charge on any atom is -0.479 e. The summed E-state index contributed by atoms with van der Waals surface area (Å²) in [5, 5.41) is 10.0. The maximum Gasteiger partial charge on any atom is 0.332 e. The van der Waals surface area contributed by atoms with Crippen LogP contribution in [0.25, 0.3) is 0 Å². The van der Waals surface area contributed by atoms with Crippen LogP contribution in [-0.2, 0) is 14.3 Å². The Kier molecular flexibility index (Phi) is 4.45. The highest BCUT2D eigenvalue weighted by Crippen LogP contribution is 1.89. The molecule has 0 rings (SSSR count). The Hall–Kier alpha value is -1.63. The Bertz CT molecular complexity index is 227. The van der Waals surface area contributed by atoms with Crippen LogP contribution in [0.2, 0.25) is 0 Å². The van der Waals surface area contributed by atoms with Crippen LogP contribution in [0.4, 0.5) is 4.79 Å². The van der Waals surface area contributed by atoms with Crippen molar-refractivity contribution in [1.82, 2.24) is 5.32 Å². The first-order chi connectivity index (χ1) is 5.93. The number of urea groups is 1. The lowest BCUT2D eigenvalue weighted by molar-refractivity contribution is -0.150. The number of ether oxygens (including phenoxy) is 1. The Labute approximate surface area is 73.8 Å². The van der Waals surface area contributed by atoms with Crippen molar-refractivity contribution >= 4 is 17.9 Å². The molecule has 13 heavy (non-hydrogen) atoms. The lowest BCUT2D eigenvalue weighted by Crippen LogP contribution is -2.38. The van der Waals surface area contributed by atoms with Crippen LogP contribution in [0.5, 0.6) is 0 Å². The van der Waals surface area contributed by atoms with Gasteiger partial charge in [-0.1, -0.05) is 0 Å². The zero-order chi connectivity index (χ0) is 10.4. The molecule has 74 valence electrons. The third-order valence-corrected chi connectivity index (χ3v) is 1.07. The molecule has 3 amide bonds. The number of imide groups is 1. The van der Waals surface area contributed by atoms with E-state index in [9.17, 15) is 14.4 Å². The van der Waals surface area contributed by atoms with Gasteiger partial charge in [-0.25, -0.2) is 9.59 Å². The van der Waals surface area contributed by atoms with E-state index in [1.807, 2.05) is 0 Å². The van der Waals surface area contributed by atoms with Crippen molar-refractivity contribution in [2.75, 3.05) is 6.61 Å². The van der Waals surface area contributed by atoms with E-state index in [1.54, 1.807) is 5.32 Å². The molecule has 0 heterocycles. The molecule has 0 aliphatic carbocycles. The zero-order valence-corrected chi connectivity index (χ0v) is 6.94. The van der Waals surface area contributed by atoms with Crippen molar-refractivity contribution in [2.24, 2.45) is 5.73 Å². The van der Waals surface area contributed by atoms with E-state index in [0.717, 1.165) is 0 Å². The molecule has 0 fully saturated rings. The lowest BCUT2D eigenvalue weighted by Gasteiger charge is -2.06. The average molecular weight is 190 g/mol. The van der Waals surface area contributed by atoms with Gasteiger partial charge in [-0.05, 0) is 6.92 Å². The molecule has 0 saturated carbocycles. The van der Waals surface area contributed by atoms with Crippen molar-refractivity contribution in [3.05, 3.63) is 0 Å². The highest BCUT2D eigenvalue weighted by Gasteiger charge is 2.13. The van der Waals surface area contributed by atoms with Crippen molar-refractivity contribution in [3.8, 4) is 0 Å². The maximum atomic E-state index is 10.7. The number of carboxylic acid groups (broad SMARTS) is 1. The summed E-state index contributed by atoms with van der Waals surface area (Å²) < 4.78 is 4.55. The minimum atomic E-state index is -1.19. The molecule has 0 radical (unpaired) electrons. The van der Waals surface area contributed by atoms with Crippen LogP contribution in [0.15, 0.2) is 0 Å². The van der Waals surface area contributed by atoms with E-state index >= 15 is 0 Å². The fourth-order valence-electron chi connectivity index (χ4n) is 0.445. The smallest absolute Gasteiger partial charge is 0.332 e. The van der Waals surface area contributed by atoms with Gasteiger partial charge in [0.15, 0.2) is 6.10 Å².